The van der Waals surface area contributed by atoms with Gasteiger partial charge in [0.1, 0.15) is 12.6 Å². The molecule has 4 rings (SSSR count). The highest BCUT2D eigenvalue weighted by atomic mass is 35.5. The quantitative estimate of drug-likeness (QED) is 0.256. The lowest BCUT2D eigenvalue weighted by atomic mass is 10.1. The van der Waals surface area contributed by atoms with E-state index in [0.717, 1.165) is 35.6 Å². The van der Waals surface area contributed by atoms with Gasteiger partial charge >= 0.3 is 0 Å². The number of hydrogen-bond donors (Lipinski definition) is 1. The van der Waals surface area contributed by atoms with Crippen molar-refractivity contribution in [2.45, 2.75) is 63.1 Å². The minimum absolute atomic E-state index is 0.0355. The molecule has 9 nitrogen and oxygen atoms in total. The van der Waals surface area contributed by atoms with Crippen LogP contribution in [0.4, 0.5) is 5.69 Å². The fourth-order valence-corrected chi connectivity index (χ4v) is 7.05. The third-order valence-electron chi connectivity index (χ3n) is 7.77. The lowest BCUT2D eigenvalue weighted by Crippen LogP contribution is -2.52. The van der Waals surface area contributed by atoms with Crippen LogP contribution in [0.15, 0.2) is 65.6 Å². The summed E-state index contributed by atoms with van der Waals surface area (Å²) in [5.41, 5.74) is 1.76. The van der Waals surface area contributed by atoms with E-state index >= 15 is 0 Å². The zero-order valence-corrected chi connectivity index (χ0v) is 27.5. The van der Waals surface area contributed by atoms with Crippen LogP contribution < -0.4 is 19.1 Å². The number of hydrogen-bond acceptors (Lipinski definition) is 6. The first-order valence-electron chi connectivity index (χ1n) is 14.3. The molecule has 0 bridgehead atoms. The van der Waals surface area contributed by atoms with Gasteiger partial charge in [-0.15, -0.1) is 0 Å². The topological polar surface area (TPSA) is 105 Å². The lowest BCUT2D eigenvalue weighted by Gasteiger charge is -2.32. The minimum Gasteiger partial charge on any atom is -0.493 e. The lowest BCUT2D eigenvalue weighted by molar-refractivity contribution is -0.139. The van der Waals surface area contributed by atoms with Crippen LogP contribution in [0, 0.1) is 6.92 Å². The van der Waals surface area contributed by atoms with E-state index in [4.69, 9.17) is 32.7 Å². The van der Waals surface area contributed by atoms with Crippen molar-refractivity contribution in [3.8, 4) is 11.5 Å². The zero-order valence-electron chi connectivity index (χ0n) is 25.2. The third kappa shape index (κ3) is 7.78. The Morgan fingerprint density at radius 1 is 0.955 bits per heavy atom. The highest BCUT2D eigenvalue weighted by Crippen LogP contribution is 2.33. The molecule has 0 aromatic heterocycles. The number of sulfonamides is 1. The molecule has 1 fully saturated rings. The molecule has 0 aliphatic heterocycles. The molecule has 1 aliphatic carbocycles. The SMILES string of the molecule is COc1ccc(S(=O)(=O)N(CC(=O)N(Cc2ccc(Cl)cc2Cl)C(C)C(=O)NC2CCCC2)c2ccc(C)cc2)cc1OC. The first kappa shape index (κ1) is 33.4. The number of ether oxygens (including phenoxy) is 2. The van der Waals surface area contributed by atoms with Crippen LogP contribution in [0.2, 0.25) is 10.0 Å². The molecular weight excluding hydrogens is 625 g/mol. The Bertz CT molecular complexity index is 1590. The van der Waals surface area contributed by atoms with Crippen LogP contribution in [0.3, 0.4) is 0 Å². The number of nitrogens with zero attached hydrogens (tertiary/aromatic N) is 2. The molecule has 44 heavy (non-hydrogen) atoms. The van der Waals surface area contributed by atoms with E-state index in [1.807, 2.05) is 6.92 Å². The summed E-state index contributed by atoms with van der Waals surface area (Å²) in [6, 6.07) is 15.0. The van der Waals surface area contributed by atoms with Gasteiger partial charge in [0.25, 0.3) is 10.0 Å². The summed E-state index contributed by atoms with van der Waals surface area (Å²) in [5, 5.41) is 3.80. The average molecular weight is 663 g/mol. The van der Waals surface area contributed by atoms with Crippen LogP contribution >= 0.6 is 23.2 Å². The van der Waals surface area contributed by atoms with Crippen LogP contribution in [0.5, 0.6) is 11.5 Å². The Balaban J connectivity index is 1.73. The first-order chi connectivity index (χ1) is 20.9. The van der Waals surface area contributed by atoms with E-state index in [9.17, 15) is 18.0 Å². The second-order valence-corrected chi connectivity index (χ2v) is 13.5. The first-order valence-corrected chi connectivity index (χ1v) is 16.5. The average Bonchev–Trinajstić information content (AvgIpc) is 3.52. The molecular formula is C32H37Cl2N3O6S. The van der Waals surface area contributed by atoms with Gasteiger partial charge in [0.2, 0.25) is 11.8 Å². The van der Waals surface area contributed by atoms with Gasteiger partial charge in [0, 0.05) is 28.7 Å². The summed E-state index contributed by atoms with van der Waals surface area (Å²) in [7, 11) is -1.43. The fraction of sp³-hybridized carbons (Fsp3) is 0.375. The number of nitrogens with one attached hydrogen (secondary N) is 1. The van der Waals surface area contributed by atoms with E-state index < -0.39 is 28.5 Å². The summed E-state index contributed by atoms with van der Waals surface area (Å²) in [6.07, 6.45) is 3.81. The molecule has 0 radical (unpaired) electrons. The van der Waals surface area contributed by atoms with Crippen molar-refractivity contribution in [2.75, 3.05) is 25.1 Å². The van der Waals surface area contributed by atoms with Gasteiger partial charge in [0.15, 0.2) is 11.5 Å². The number of aryl methyl sites for hydroxylation is 1. The van der Waals surface area contributed by atoms with Crippen LogP contribution in [0.1, 0.15) is 43.7 Å². The summed E-state index contributed by atoms with van der Waals surface area (Å²) < 4.78 is 40.0. The van der Waals surface area contributed by atoms with Crippen LogP contribution in [0.25, 0.3) is 0 Å². The number of anilines is 1. The van der Waals surface area contributed by atoms with Crippen molar-refractivity contribution in [1.29, 1.82) is 0 Å². The fourth-order valence-electron chi connectivity index (χ4n) is 5.15. The Kier molecular flexibility index (Phi) is 11.0. The Labute approximate surface area is 269 Å². The molecule has 2 amide bonds. The maximum absolute atomic E-state index is 14.2. The molecule has 3 aromatic rings. The maximum atomic E-state index is 14.2. The summed E-state index contributed by atoms with van der Waals surface area (Å²) in [5.74, 6) is -0.327. The van der Waals surface area contributed by atoms with E-state index in [-0.39, 0.29) is 34.8 Å². The zero-order chi connectivity index (χ0) is 32.0. The van der Waals surface area contributed by atoms with E-state index in [1.165, 1.54) is 37.3 Å². The van der Waals surface area contributed by atoms with Crippen molar-refractivity contribution >= 4 is 50.7 Å². The molecule has 12 heteroatoms. The number of halogens is 2. The van der Waals surface area contributed by atoms with Crippen molar-refractivity contribution in [3.63, 3.8) is 0 Å². The minimum atomic E-state index is -4.30. The Hall–Kier alpha value is -3.47. The molecule has 236 valence electrons. The molecule has 0 spiro atoms. The number of carbonyl (C=O) groups is 2. The van der Waals surface area contributed by atoms with Crippen molar-refractivity contribution in [2.24, 2.45) is 0 Å². The predicted molar refractivity (Wildman–Crippen MR) is 172 cm³/mol. The number of carbonyl (C=O) groups excluding carboxylic acids is 2. The van der Waals surface area contributed by atoms with Crippen molar-refractivity contribution in [1.82, 2.24) is 10.2 Å². The maximum Gasteiger partial charge on any atom is 0.264 e. The highest BCUT2D eigenvalue weighted by Gasteiger charge is 2.34. The molecule has 1 aliphatic rings. The summed E-state index contributed by atoms with van der Waals surface area (Å²) in [4.78, 5) is 28.8. The van der Waals surface area contributed by atoms with Gasteiger partial charge in [-0.1, -0.05) is 59.8 Å². The van der Waals surface area contributed by atoms with Crippen molar-refractivity contribution in [3.05, 3.63) is 81.8 Å². The van der Waals surface area contributed by atoms with Crippen LogP contribution in [-0.2, 0) is 26.2 Å². The predicted octanol–water partition coefficient (Wildman–Crippen LogP) is 5.99. The molecule has 0 heterocycles. The molecule has 1 N–H and O–H groups in total. The molecule has 1 unspecified atom stereocenters. The monoisotopic (exact) mass is 661 g/mol. The summed E-state index contributed by atoms with van der Waals surface area (Å²) >= 11 is 12.6. The van der Waals surface area contributed by atoms with Gasteiger partial charge in [-0.2, -0.15) is 0 Å². The number of methoxy groups -OCH3 is 2. The Morgan fingerprint density at radius 2 is 1.61 bits per heavy atom. The van der Waals surface area contributed by atoms with Gasteiger partial charge in [-0.25, -0.2) is 8.42 Å². The molecule has 1 saturated carbocycles. The molecule has 0 saturated heterocycles. The number of benzene rings is 3. The smallest absolute Gasteiger partial charge is 0.264 e. The molecule has 3 aromatic carbocycles. The second kappa shape index (κ2) is 14.5. The third-order valence-corrected chi connectivity index (χ3v) is 10.1. The second-order valence-electron chi connectivity index (χ2n) is 10.8. The number of rotatable bonds is 12. The van der Waals surface area contributed by atoms with E-state index in [1.54, 1.807) is 49.4 Å². The van der Waals surface area contributed by atoms with Crippen molar-refractivity contribution < 1.29 is 27.5 Å². The van der Waals surface area contributed by atoms with Gasteiger partial charge in [0.05, 0.1) is 24.8 Å². The Morgan fingerprint density at radius 3 is 2.23 bits per heavy atom. The largest absolute Gasteiger partial charge is 0.493 e. The number of amides is 2. The van der Waals surface area contributed by atoms with E-state index in [0.29, 0.717) is 21.4 Å². The molecule has 1 atom stereocenters. The standard InChI is InChI=1S/C32H37Cl2N3O6S/c1-21-9-13-26(14-10-21)37(44(40,41)27-15-16-29(42-3)30(18-27)43-4)20-31(38)36(19-23-11-12-24(33)17-28(23)34)22(2)32(39)35-25-7-5-6-8-25/h9-18,22,25H,5-8,19-20H2,1-4H3,(H,35,39). The van der Waals surface area contributed by atoms with E-state index in [2.05, 4.69) is 5.32 Å². The van der Waals surface area contributed by atoms with Gasteiger partial charge in [-0.3, -0.25) is 13.9 Å². The highest BCUT2D eigenvalue weighted by molar-refractivity contribution is 7.92. The van der Waals surface area contributed by atoms with Gasteiger partial charge < -0.3 is 19.7 Å². The van der Waals surface area contributed by atoms with Gasteiger partial charge in [-0.05, 0) is 68.7 Å². The normalized spacial score (nSPS) is 14.1. The summed E-state index contributed by atoms with van der Waals surface area (Å²) in [6.45, 7) is 2.90. The van der Waals surface area contributed by atoms with Crippen LogP contribution in [-0.4, -0.2) is 58.0 Å².